The van der Waals surface area contributed by atoms with Gasteiger partial charge in [0.05, 0.1) is 11.7 Å². The van der Waals surface area contributed by atoms with E-state index in [0.717, 1.165) is 36.5 Å². The van der Waals surface area contributed by atoms with Gasteiger partial charge in [0.15, 0.2) is 5.82 Å². The summed E-state index contributed by atoms with van der Waals surface area (Å²) in [6, 6.07) is 3.93. The van der Waals surface area contributed by atoms with Crippen LogP contribution >= 0.6 is 11.5 Å². The summed E-state index contributed by atoms with van der Waals surface area (Å²) in [6.45, 7) is 2.35. The lowest BCUT2D eigenvalue weighted by atomic mass is 9.91. The van der Waals surface area contributed by atoms with Crippen LogP contribution in [0.2, 0.25) is 0 Å². The molecule has 0 spiro atoms. The van der Waals surface area contributed by atoms with Crippen LogP contribution < -0.4 is 10.9 Å². The number of hydrogen-bond donors (Lipinski definition) is 1. The van der Waals surface area contributed by atoms with Crippen LogP contribution in [0.3, 0.4) is 0 Å². The maximum Gasteiger partial charge on any atom is 0.267 e. The first kappa shape index (κ1) is 16.1. The van der Waals surface area contributed by atoms with Gasteiger partial charge in [-0.2, -0.15) is 9.47 Å². The standard InChI is InChI=1S/C15H21N5O2S/c1-10-3-8-14(21)20(18-10)12-6-4-11(5-7-12)16-15-17-13(9-22-2)19-23-15/h3,8,11-12H,4-7,9H2,1-2H3,(H,16,17,19). The van der Waals surface area contributed by atoms with Gasteiger partial charge < -0.3 is 10.1 Å². The fourth-order valence-corrected chi connectivity index (χ4v) is 3.57. The van der Waals surface area contributed by atoms with Crippen molar-refractivity contribution in [2.75, 3.05) is 12.4 Å². The monoisotopic (exact) mass is 335 g/mol. The quantitative estimate of drug-likeness (QED) is 0.901. The molecule has 1 fully saturated rings. The molecule has 2 aromatic rings. The van der Waals surface area contributed by atoms with E-state index in [1.54, 1.807) is 23.9 Å². The summed E-state index contributed by atoms with van der Waals surface area (Å²) in [4.78, 5) is 16.4. The van der Waals surface area contributed by atoms with Crippen molar-refractivity contribution in [2.24, 2.45) is 0 Å². The Morgan fingerprint density at radius 1 is 1.35 bits per heavy atom. The van der Waals surface area contributed by atoms with E-state index in [1.807, 2.05) is 6.92 Å². The lowest BCUT2D eigenvalue weighted by Crippen LogP contribution is -2.33. The SMILES string of the molecule is COCc1nsc(NC2CCC(n3nc(C)ccc3=O)CC2)n1. The number of ether oxygens (including phenoxy) is 1. The molecule has 7 nitrogen and oxygen atoms in total. The second-order valence-corrected chi connectivity index (χ2v) is 6.61. The van der Waals surface area contributed by atoms with Crippen molar-refractivity contribution in [1.29, 1.82) is 0 Å². The second kappa shape index (κ2) is 7.18. The number of anilines is 1. The lowest BCUT2D eigenvalue weighted by molar-refractivity contribution is 0.179. The Balaban J connectivity index is 1.57. The number of aromatic nitrogens is 4. The molecule has 0 saturated heterocycles. The third-order valence-corrected chi connectivity index (χ3v) is 4.75. The fourth-order valence-electron chi connectivity index (χ4n) is 2.92. The van der Waals surface area contributed by atoms with Gasteiger partial charge in [-0.25, -0.2) is 9.67 Å². The number of nitrogens with zero attached hydrogens (tertiary/aromatic N) is 4. The molecule has 0 atom stereocenters. The van der Waals surface area contributed by atoms with Crippen molar-refractivity contribution >= 4 is 16.7 Å². The van der Waals surface area contributed by atoms with Crippen molar-refractivity contribution in [3.05, 3.63) is 34.0 Å². The highest BCUT2D eigenvalue weighted by Gasteiger charge is 2.24. The van der Waals surface area contributed by atoms with Crippen LogP contribution in [0.5, 0.6) is 0 Å². The molecule has 1 saturated carbocycles. The summed E-state index contributed by atoms with van der Waals surface area (Å²) in [6.07, 6.45) is 3.87. The maximum atomic E-state index is 12.0. The molecule has 0 aromatic carbocycles. The van der Waals surface area contributed by atoms with Crippen LogP contribution in [-0.4, -0.2) is 32.3 Å². The van der Waals surface area contributed by atoms with Crippen LogP contribution in [0, 0.1) is 6.92 Å². The average Bonchev–Trinajstić information content (AvgIpc) is 2.98. The highest BCUT2D eigenvalue weighted by molar-refractivity contribution is 7.09. The Hall–Kier alpha value is -1.80. The molecular weight excluding hydrogens is 314 g/mol. The van der Waals surface area contributed by atoms with Gasteiger partial charge in [0.2, 0.25) is 5.13 Å². The first-order valence-corrected chi connectivity index (χ1v) is 8.57. The zero-order valence-corrected chi connectivity index (χ0v) is 14.2. The highest BCUT2D eigenvalue weighted by Crippen LogP contribution is 2.29. The smallest absolute Gasteiger partial charge is 0.267 e. The van der Waals surface area contributed by atoms with Gasteiger partial charge >= 0.3 is 0 Å². The van der Waals surface area contributed by atoms with Crippen molar-refractivity contribution < 1.29 is 4.74 Å². The van der Waals surface area contributed by atoms with Gasteiger partial charge in [-0.15, -0.1) is 0 Å². The largest absolute Gasteiger partial charge is 0.377 e. The van der Waals surface area contributed by atoms with E-state index in [2.05, 4.69) is 19.8 Å². The van der Waals surface area contributed by atoms with Crippen molar-refractivity contribution in [3.63, 3.8) is 0 Å². The summed E-state index contributed by atoms with van der Waals surface area (Å²) < 4.78 is 10.9. The predicted octanol–water partition coefficient (Wildman–Crippen LogP) is 2.15. The normalized spacial score (nSPS) is 21.3. The first-order chi connectivity index (χ1) is 11.2. The van der Waals surface area contributed by atoms with Crippen molar-refractivity contribution in [2.45, 2.75) is 51.3 Å². The molecule has 0 unspecified atom stereocenters. The molecule has 8 heteroatoms. The van der Waals surface area contributed by atoms with Crippen LogP contribution in [0.1, 0.15) is 43.2 Å². The highest BCUT2D eigenvalue weighted by atomic mass is 32.1. The Morgan fingerprint density at radius 2 is 2.13 bits per heavy atom. The summed E-state index contributed by atoms with van der Waals surface area (Å²) in [5, 5.41) is 8.66. The van der Waals surface area contributed by atoms with E-state index in [9.17, 15) is 4.79 Å². The third-order valence-electron chi connectivity index (χ3n) is 4.07. The predicted molar refractivity (Wildman–Crippen MR) is 88.8 cm³/mol. The van der Waals surface area contributed by atoms with Gasteiger partial charge in [0.1, 0.15) is 6.61 Å². The molecule has 0 radical (unpaired) electrons. The van der Waals surface area contributed by atoms with E-state index in [-0.39, 0.29) is 11.6 Å². The molecule has 1 aliphatic carbocycles. The minimum absolute atomic E-state index is 0.0136. The van der Waals surface area contributed by atoms with E-state index >= 15 is 0 Å². The summed E-state index contributed by atoms with van der Waals surface area (Å²) >= 11 is 1.36. The third kappa shape index (κ3) is 3.94. The molecule has 1 N–H and O–H groups in total. The van der Waals surface area contributed by atoms with Gasteiger partial charge in [-0.05, 0) is 38.7 Å². The maximum absolute atomic E-state index is 12.0. The Morgan fingerprint density at radius 3 is 2.87 bits per heavy atom. The van der Waals surface area contributed by atoms with Gasteiger partial charge in [-0.3, -0.25) is 4.79 Å². The minimum Gasteiger partial charge on any atom is -0.377 e. The van der Waals surface area contributed by atoms with Crippen molar-refractivity contribution in [3.8, 4) is 0 Å². The zero-order valence-electron chi connectivity index (χ0n) is 13.4. The molecule has 2 aromatic heterocycles. The van der Waals surface area contributed by atoms with Crippen LogP contribution in [0.15, 0.2) is 16.9 Å². The van der Waals surface area contributed by atoms with Gasteiger partial charge in [-0.1, -0.05) is 0 Å². The van der Waals surface area contributed by atoms with Crippen LogP contribution in [0.25, 0.3) is 0 Å². The van der Waals surface area contributed by atoms with Crippen LogP contribution in [-0.2, 0) is 11.3 Å². The molecule has 23 heavy (non-hydrogen) atoms. The molecule has 3 rings (SSSR count). The summed E-state index contributed by atoms with van der Waals surface area (Å²) in [7, 11) is 1.64. The van der Waals surface area contributed by atoms with E-state index in [4.69, 9.17) is 4.74 Å². The van der Waals surface area contributed by atoms with E-state index < -0.39 is 0 Å². The summed E-state index contributed by atoms with van der Waals surface area (Å²) in [5.41, 5.74) is 0.865. The zero-order chi connectivity index (χ0) is 16.2. The molecule has 2 heterocycles. The molecule has 1 aliphatic rings. The Kier molecular flexibility index (Phi) is 5.02. The molecule has 0 bridgehead atoms. The molecule has 0 amide bonds. The van der Waals surface area contributed by atoms with Gasteiger partial charge in [0, 0.05) is 30.8 Å². The molecule has 124 valence electrons. The number of rotatable bonds is 5. The topological polar surface area (TPSA) is 81.9 Å². The number of aryl methyl sites for hydroxylation is 1. The fraction of sp³-hybridized carbons (Fsp3) is 0.600. The lowest BCUT2D eigenvalue weighted by Gasteiger charge is -2.29. The number of methoxy groups -OCH3 is 1. The Labute approximate surface area is 138 Å². The Bertz CT molecular complexity index is 706. The minimum atomic E-state index is -0.0136. The molecule has 0 aliphatic heterocycles. The average molecular weight is 335 g/mol. The molecular formula is C15H21N5O2S. The first-order valence-electron chi connectivity index (χ1n) is 7.80. The number of nitrogens with one attached hydrogen (secondary N) is 1. The van der Waals surface area contributed by atoms with Gasteiger partial charge in [0.25, 0.3) is 5.56 Å². The van der Waals surface area contributed by atoms with E-state index in [0.29, 0.717) is 18.5 Å². The number of hydrogen-bond acceptors (Lipinski definition) is 7. The van der Waals surface area contributed by atoms with Crippen molar-refractivity contribution in [1.82, 2.24) is 19.1 Å². The van der Waals surface area contributed by atoms with Crippen LogP contribution in [0.4, 0.5) is 5.13 Å². The summed E-state index contributed by atoms with van der Waals surface area (Å²) in [5.74, 6) is 0.712. The second-order valence-electron chi connectivity index (χ2n) is 5.86. The van der Waals surface area contributed by atoms with E-state index in [1.165, 1.54) is 11.5 Å².